The van der Waals surface area contributed by atoms with Crippen molar-refractivity contribution in [2.24, 2.45) is 5.41 Å². The van der Waals surface area contributed by atoms with Gasteiger partial charge in [0.05, 0.1) is 0 Å². The average Bonchev–Trinajstić information content (AvgIpc) is 2.77. The standard InChI is InChI=1S/C31H36/c1-19-9-11-23-21(13-19)17-29(3,4)18-22-15-26-24-12-10-20(2)14-27(24)30(5,6)31(7,8)28(26)16-25(22)23/h9-16H,17-18H2,1-8H3. The number of rotatable bonds is 0. The van der Waals surface area contributed by atoms with E-state index >= 15 is 0 Å². The molecule has 0 nitrogen and oxygen atoms in total. The first-order valence-electron chi connectivity index (χ1n) is 11.8. The quantitative estimate of drug-likeness (QED) is 0.351. The third-order valence-electron chi connectivity index (χ3n) is 8.51. The lowest BCUT2D eigenvalue weighted by Crippen LogP contribution is -2.43. The van der Waals surface area contributed by atoms with Gasteiger partial charge in [0.2, 0.25) is 0 Å². The first-order chi connectivity index (χ1) is 14.4. The summed E-state index contributed by atoms with van der Waals surface area (Å²) in [7, 11) is 0. The Hall–Kier alpha value is -2.34. The van der Waals surface area contributed by atoms with Gasteiger partial charge < -0.3 is 0 Å². The zero-order valence-corrected chi connectivity index (χ0v) is 20.5. The van der Waals surface area contributed by atoms with Gasteiger partial charge in [0, 0.05) is 0 Å². The van der Waals surface area contributed by atoms with Crippen molar-refractivity contribution in [1.82, 2.24) is 0 Å². The Labute approximate surface area is 188 Å². The van der Waals surface area contributed by atoms with E-state index in [0.717, 1.165) is 12.8 Å². The summed E-state index contributed by atoms with van der Waals surface area (Å²) in [5.74, 6) is 0. The number of aryl methyl sites for hydroxylation is 2. The normalized spacial score (nSPS) is 19.5. The van der Waals surface area contributed by atoms with Crippen LogP contribution < -0.4 is 0 Å². The molecular weight excluding hydrogens is 372 g/mol. The van der Waals surface area contributed by atoms with Gasteiger partial charge in [-0.15, -0.1) is 0 Å². The van der Waals surface area contributed by atoms with Crippen molar-refractivity contribution in [2.45, 2.75) is 79.1 Å². The van der Waals surface area contributed by atoms with E-state index in [9.17, 15) is 0 Å². The van der Waals surface area contributed by atoms with Crippen LogP contribution in [0.5, 0.6) is 0 Å². The minimum Gasteiger partial charge on any atom is -0.0593 e. The van der Waals surface area contributed by atoms with Crippen LogP contribution in [0.15, 0.2) is 48.5 Å². The predicted molar refractivity (Wildman–Crippen MR) is 134 cm³/mol. The Morgan fingerprint density at radius 2 is 1.03 bits per heavy atom. The maximum Gasteiger partial charge on any atom is -0.000546 e. The third kappa shape index (κ3) is 2.94. The summed E-state index contributed by atoms with van der Waals surface area (Å²) in [5.41, 5.74) is 14.9. The molecule has 0 bridgehead atoms. The molecule has 2 aliphatic carbocycles. The number of fused-ring (bicyclic) bond motifs is 6. The second-order valence-electron chi connectivity index (χ2n) is 12.0. The number of hydrogen-bond donors (Lipinski definition) is 0. The van der Waals surface area contributed by atoms with Gasteiger partial charge >= 0.3 is 0 Å². The average molecular weight is 409 g/mol. The highest BCUT2D eigenvalue weighted by atomic mass is 14.5. The molecule has 0 aliphatic heterocycles. The molecule has 0 saturated heterocycles. The van der Waals surface area contributed by atoms with Gasteiger partial charge in [0.1, 0.15) is 0 Å². The van der Waals surface area contributed by atoms with E-state index < -0.39 is 0 Å². The molecule has 0 aromatic heterocycles. The highest BCUT2D eigenvalue weighted by Gasteiger charge is 2.46. The molecular formula is C31H36. The van der Waals surface area contributed by atoms with Crippen molar-refractivity contribution in [2.75, 3.05) is 0 Å². The first kappa shape index (κ1) is 20.6. The molecule has 0 spiro atoms. The van der Waals surface area contributed by atoms with Crippen LogP contribution in [0.25, 0.3) is 22.3 Å². The summed E-state index contributed by atoms with van der Waals surface area (Å²) in [5, 5.41) is 0. The Morgan fingerprint density at radius 3 is 1.68 bits per heavy atom. The predicted octanol–water partition coefficient (Wildman–Crippen LogP) is 8.33. The molecule has 0 radical (unpaired) electrons. The largest absolute Gasteiger partial charge is 0.0593 e. The fourth-order valence-corrected chi connectivity index (χ4v) is 6.09. The van der Waals surface area contributed by atoms with E-state index in [-0.39, 0.29) is 16.2 Å². The van der Waals surface area contributed by atoms with Crippen molar-refractivity contribution in [3.63, 3.8) is 0 Å². The van der Waals surface area contributed by atoms with E-state index in [1.807, 2.05) is 0 Å². The highest BCUT2D eigenvalue weighted by Crippen LogP contribution is 2.55. The van der Waals surface area contributed by atoms with Crippen LogP contribution in [0.2, 0.25) is 0 Å². The Morgan fingerprint density at radius 1 is 0.516 bits per heavy atom. The van der Waals surface area contributed by atoms with Crippen LogP contribution in [0, 0.1) is 19.3 Å². The molecule has 5 rings (SSSR count). The number of benzene rings is 3. The SMILES string of the molecule is Cc1ccc2c(c1)CC(C)(C)Cc1cc3c(cc1-2)C(C)(C)C(C)(C)c1cc(C)ccc1-3. The van der Waals surface area contributed by atoms with E-state index in [1.165, 1.54) is 55.6 Å². The third-order valence-corrected chi connectivity index (χ3v) is 8.51. The molecule has 0 fully saturated rings. The molecule has 0 heterocycles. The van der Waals surface area contributed by atoms with Crippen LogP contribution >= 0.6 is 0 Å². The summed E-state index contributed by atoms with van der Waals surface area (Å²) in [6.07, 6.45) is 2.25. The lowest BCUT2D eigenvalue weighted by molar-refractivity contribution is 0.299. The zero-order valence-electron chi connectivity index (χ0n) is 20.5. The van der Waals surface area contributed by atoms with Gasteiger partial charge in [-0.05, 0) is 93.5 Å². The lowest BCUT2D eigenvalue weighted by Gasteiger charge is -2.49. The Kier molecular flexibility index (Phi) is 4.21. The summed E-state index contributed by atoms with van der Waals surface area (Å²) >= 11 is 0. The van der Waals surface area contributed by atoms with Crippen LogP contribution in [0.3, 0.4) is 0 Å². The lowest BCUT2D eigenvalue weighted by atomic mass is 9.55. The smallest absolute Gasteiger partial charge is 0.000546 e. The maximum absolute atomic E-state index is 2.56. The summed E-state index contributed by atoms with van der Waals surface area (Å²) in [6.45, 7) is 19.0. The minimum atomic E-state index is 0.0465. The summed E-state index contributed by atoms with van der Waals surface area (Å²) < 4.78 is 0. The molecule has 3 aromatic rings. The second kappa shape index (κ2) is 6.35. The molecule has 0 atom stereocenters. The monoisotopic (exact) mass is 408 g/mol. The van der Waals surface area contributed by atoms with Gasteiger partial charge in [-0.25, -0.2) is 0 Å². The second-order valence-corrected chi connectivity index (χ2v) is 12.0. The van der Waals surface area contributed by atoms with Crippen LogP contribution in [-0.4, -0.2) is 0 Å². The fourth-order valence-electron chi connectivity index (χ4n) is 6.09. The van der Waals surface area contributed by atoms with E-state index in [4.69, 9.17) is 0 Å². The van der Waals surface area contributed by atoms with Crippen molar-refractivity contribution in [3.05, 3.63) is 81.9 Å². The molecule has 3 aromatic carbocycles. The van der Waals surface area contributed by atoms with Crippen molar-refractivity contribution in [1.29, 1.82) is 0 Å². The maximum atomic E-state index is 2.56. The van der Waals surface area contributed by atoms with Crippen molar-refractivity contribution < 1.29 is 0 Å². The molecule has 0 N–H and O–H groups in total. The molecule has 0 saturated carbocycles. The molecule has 0 unspecified atom stereocenters. The molecule has 0 amide bonds. The summed E-state index contributed by atoms with van der Waals surface area (Å²) in [6, 6.07) is 19.3. The topological polar surface area (TPSA) is 0 Å². The van der Waals surface area contributed by atoms with Crippen LogP contribution in [0.1, 0.15) is 74.9 Å². The van der Waals surface area contributed by atoms with Crippen LogP contribution in [0.4, 0.5) is 0 Å². The molecule has 31 heavy (non-hydrogen) atoms. The number of hydrogen-bond acceptors (Lipinski definition) is 0. The van der Waals surface area contributed by atoms with Gasteiger partial charge in [-0.2, -0.15) is 0 Å². The van der Waals surface area contributed by atoms with E-state index in [0.29, 0.717) is 0 Å². The first-order valence-corrected chi connectivity index (χ1v) is 11.8. The fraction of sp³-hybridized carbons (Fsp3) is 0.419. The zero-order chi connectivity index (χ0) is 22.3. The van der Waals surface area contributed by atoms with Crippen molar-refractivity contribution in [3.8, 4) is 22.3 Å². The Bertz CT molecular complexity index is 1220. The van der Waals surface area contributed by atoms with Gasteiger partial charge in [0.25, 0.3) is 0 Å². The highest BCUT2D eigenvalue weighted by molar-refractivity contribution is 5.84. The molecule has 160 valence electrons. The van der Waals surface area contributed by atoms with E-state index in [1.54, 1.807) is 0 Å². The van der Waals surface area contributed by atoms with E-state index in [2.05, 4.69) is 104 Å². The molecule has 0 heteroatoms. The van der Waals surface area contributed by atoms with Crippen LogP contribution in [-0.2, 0) is 23.7 Å². The van der Waals surface area contributed by atoms with Gasteiger partial charge in [0.15, 0.2) is 0 Å². The van der Waals surface area contributed by atoms with Gasteiger partial charge in [-0.1, -0.05) is 95.1 Å². The summed E-state index contributed by atoms with van der Waals surface area (Å²) in [4.78, 5) is 0. The van der Waals surface area contributed by atoms with Gasteiger partial charge in [-0.3, -0.25) is 0 Å². The minimum absolute atomic E-state index is 0.0465. The Balaban J connectivity index is 1.86. The van der Waals surface area contributed by atoms with Crippen molar-refractivity contribution >= 4 is 0 Å². The molecule has 2 aliphatic rings.